The normalized spacial score (nSPS) is 10.9. The number of aromatic nitrogens is 5. The third kappa shape index (κ3) is 3.04. The summed E-state index contributed by atoms with van der Waals surface area (Å²) in [7, 11) is 0. The molecule has 0 fully saturated rings. The fraction of sp³-hybridized carbons (Fsp3) is 0. The lowest BCUT2D eigenvalue weighted by molar-refractivity contribution is 0.0690. The van der Waals surface area contributed by atoms with Crippen LogP contribution in [0, 0.1) is 0 Å². The zero-order valence-corrected chi connectivity index (χ0v) is 11.4. The Labute approximate surface area is 125 Å². The van der Waals surface area contributed by atoms with Crippen molar-refractivity contribution >= 4 is 18.1 Å². The van der Waals surface area contributed by atoms with E-state index >= 15 is 0 Å². The average Bonchev–Trinajstić information content (AvgIpc) is 3.08. The van der Waals surface area contributed by atoms with Crippen molar-refractivity contribution in [2.24, 2.45) is 0 Å². The highest BCUT2D eigenvalue weighted by molar-refractivity contribution is 5.86. The Morgan fingerprint density at radius 2 is 2.09 bits per heavy atom. The molecule has 0 spiro atoms. The number of pyridine rings is 1. The minimum atomic E-state index is -1.08. The topological polar surface area (TPSA) is 93.8 Å². The highest BCUT2D eigenvalue weighted by atomic mass is 16.4. The molecule has 7 heteroatoms. The van der Waals surface area contributed by atoms with E-state index in [9.17, 15) is 4.79 Å². The predicted octanol–water partition coefficient (Wildman–Crippen LogP) is 1.93. The summed E-state index contributed by atoms with van der Waals surface area (Å²) in [5, 5.41) is 8.88. The van der Waals surface area contributed by atoms with Gasteiger partial charge in [0.25, 0.3) is 0 Å². The van der Waals surface area contributed by atoms with Crippen molar-refractivity contribution in [1.82, 2.24) is 24.5 Å². The van der Waals surface area contributed by atoms with Gasteiger partial charge in [0.05, 0.1) is 5.69 Å². The highest BCUT2D eigenvalue weighted by Gasteiger charge is 2.04. The number of carbonyl (C=O) groups is 1. The molecular weight excluding hydrogens is 282 g/mol. The number of carboxylic acid groups (broad SMARTS) is 1. The zero-order valence-electron chi connectivity index (χ0n) is 11.4. The summed E-state index contributed by atoms with van der Waals surface area (Å²) in [5.74, 6) is -0.312. The first kappa shape index (κ1) is 13.6. The largest absolute Gasteiger partial charge is 0.477 e. The van der Waals surface area contributed by atoms with Crippen LogP contribution in [0.3, 0.4) is 0 Å². The molecule has 0 radical (unpaired) electrons. The van der Waals surface area contributed by atoms with E-state index in [1.165, 1.54) is 12.4 Å². The third-order valence-corrected chi connectivity index (χ3v) is 2.89. The van der Waals surface area contributed by atoms with E-state index in [0.29, 0.717) is 5.69 Å². The van der Waals surface area contributed by atoms with E-state index < -0.39 is 5.97 Å². The van der Waals surface area contributed by atoms with Gasteiger partial charge in [-0.25, -0.2) is 24.7 Å². The van der Waals surface area contributed by atoms with Crippen molar-refractivity contribution < 1.29 is 9.90 Å². The molecule has 0 aliphatic rings. The second-order valence-corrected chi connectivity index (χ2v) is 4.39. The lowest BCUT2D eigenvalue weighted by atomic mass is 10.2. The first-order valence-corrected chi connectivity index (χ1v) is 6.40. The van der Waals surface area contributed by atoms with Crippen molar-refractivity contribution in [1.29, 1.82) is 0 Å². The Bertz CT molecular complexity index is 810. The molecule has 0 unspecified atom stereocenters. The van der Waals surface area contributed by atoms with E-state index in [1.807, 2.05) is 18.3 Å². The van der Waals surface area contributed by atoms with Crippen LogP contribution in [0.15, 0.2) is 49.4 Å². The molecule has 3 aromatic rings. The Kier molecular flexibility index (Phi) is 3.69. The number of imidazole rings is 1. The van der Waals surface area contributed by atoms with E-state index in [1.54, 1.807) is 35.4 Å². The van der Waals surface area contributed by atoms with Gasteiger partial charge in [0.1, 0.15) is 18.5 Å². The van der Waals surface area contributed by atoms with Crippen LogP contribution in [0.4, 0.5) is 0 Å². The SMILES string of the molecule is O=C(O)c1cc(/C=C/c2ccc(-n3ccnc3)nc2)ncn1. The van der Waals surface area contributed by atoms with Gasteiger partial charge in [0.2, 0.25) is 0 Å². The molecule has 0 saturated heterocycles. The van der Waals surface area contributed by atoms with Crippen LogP contribution in [0.1, 0.15) is 21.7 Å². The Morgan fingerprint density at radius 3 is 2.77 bits per heavy atom. The van der Waals surface area contributed by atoms with Crippen molar-refractivity contribution in [2.75, 3.05) is 0 Å². The maximum Gasteiger partial charge on any atom is 0.354 e. The van der Waals surface area contributed by atoms with E-state index in [0.717, 1.165) is 11.4 Å². The van der Waals surface area contributed by atoms with Crippen molar-refractivity contribution in [3.8, 4) is 5.82 Å². The molecule has 7 nitrogen and oxygen atoms in total. The molecule has 3 rings (SSSR count). The second kappa shape index (κ2) is 5.96. The molecule has 0 bridgehead atoms. The van der Waals surface area contributed by atoms with Gasteiger partial charge in [-0.1, -0.05) is 6.08 Å². The molecule has 108 valence electrons. The Balaban J connectivity index is 1.78. The number of hydrogen-bond acceptors (Lipinski definition) is 5. The van der Waals surface area contributed by atoms with Crippen molar-refractivity contribution in [3.63, 3.8) is 0 Å². The van der Waals surface area contributed by atoms with E-state index in [-0.39, 0.29) is 5.69 Å². The van der Waals surface area contributed by atoms with Crippen LogP contribution in [0.2, 0.25) is 0 Å². The minimum Gasteiger partial charge on any atom is -0.477 e. The summed E-state index contributed by atoms with van der Waals surface area (Å²) in [6.07, 6.45) is 11.6. The van der Waals surface area contributed by atoms with Crippen LogP contribution >= 0.6 is 0 Å². The van der Waals surface area contributed by atoms with Crippen LogP contribution in [0.25, 0.3) is 18.0 Å². The Morgan fingerprint density at radius 1 is 1.18 bits per heavy atom. The van der Waals surface area contributed by atoms with Crippen molar-refractivity contribution in [3.05, 3.63) is 66.4 Å². The number of hydrogen-bond donors (Lipinski definition) is 1. The summed E-state index contributed by atoms with van der Waals surface area (Å²) in [5.41, 5.74) is 1.36. The summed E-state index contributed by atoms with van der Waals surface area (Å²) in [4.78, 5) is 26.8. The van der Waals surface area contributed by atoms with Gasteiger partial charge in [0, 0.05) is 18.6 Å². The maximum atomic E-state index is 10.8. The monoisotopic (exact) mass is 293 g/mol. The first-order chi connectivity index (χ1) is 10.7. The number of carboxylic acids is 1. The van der Waals surface area contributed by atoms with Gasteiger partial charge in [-0.05, 0) is 29.8 Å². The van der Waals surface area contributed by atoms with E-state index in [4.69, 9.17) is 5.11 Å². The molecule has 0 saturated carbocycles. The molecule has 3 heterocycles. The van der Waals surface area contributed by atoms with Crippen molar-refractivity contribution in [2.45, 2.75) is 0 Å². The maximum absolute atomic E-state index is 10.8. The van der Waals surface area contributed by atoms with Crippen LogP contribution in [0.5, 0.6) is 0 Å². The van der Waals surface area contributed by atoms with Gasteiger partial charge in [-0.15, -0.1) is 0 Å². The standard InChI is InChI=1S/C15H11N5O2/c21-15(22)13-7-12(18-9-19-13)3-1-11-2-4-14(17-8-11)20-6-5-16-10-20/h1-10H,(H,21,22)/b3-1+. The van der Waals surface area contributed by atoms with Crippen LogP contribution in [-0.2, 0) is 0 Å². The van der Waals surface area contributed by atoms with Gasteiger partial charge >= 0.3 is 5.97 Å². The summed E-state index contributed by atoms with van der Waals surface area (Å²) >= 11 is 0. The fourth-order valence-electron chi connectivity index (χ4n) is 1.81. The van der Waals surface area contributed by atoms with Crippen LogP contribution in [-0.4, -0.2) is 35.6 Å². The molecule has 0 aliphatic heterocycles. The van der Waals surface area contributed by atoms with Gasteiger partial charge < -0.3 is 5.11 Å². The fourth-order valence-corrected chi connectivity index (χ4v) is 1.81. The second-order valence-electron chi connectivity index (χ2n) is 4.39. The number of aromatic carboxylic acids is 1. The molecule has 22 heavy (non-hydrogen) atoms. The smallest absolute Gasteiger partial charge is 0.354 e. The average molecular weight is 293 g/mol. The quantitative estimate of drug-likeness (QED) is 0.790. The first-order valence-electron chi connectivity index (χ1n) is 6.40. The molecular formula is C15H11N5O2. The number of rotatable bonds is 4. The third-order valence-electron chi connectivity index (χ3n) is 2.89. The molecule has 0 aliphatic carbocycles. The number of nitrogens with zero attached hydrogens (tertiary/aromatic N) is 5. The summed E-state index contributed by atoms with van der Waals surface area (Å²) in [6, 6.07) is 5.17. The summed E-state index contributed by atoms with van der Waals surface area (Å²) in [6.45, 7) is 0. The van der Waals surface area contributed by atoms with Gasteiger partial charge in [0.15, 0.2) is 5.69 Å². The zero-order chi connectivity index (χ0) is 15.4. The highest BCUT2D eigenvalue weighted by Crippen LogP contribution is 2.09. The lowest BCUT2D eigenvalue weighted by Gasteiger charge is -2.00. The molecule has 0 aromatic carbocycles. The lowest BCUT2D eigenvalue weighted by Crippen LogP contribution is -2.00. The van der Waals surface area contributed by atoms with E-state index in [2.05, 4.69) is 19.9 Å². The molecule has 3 aromatic heterocycles. The summed E-state index contributed by atoms with van der Waals surface area (Å²) < 4.78 is 1.80. The molecule has 1 N–H and O–H groups in total. The van der Waals surface area contributed by atoms with Gasteiger partial charge in [-0.2, -0.15) is 0 Å². The Hall–Kier alpha value is -3.35. The van der Waals surface area contributed by atoms with Crippen LogP contribution < -0.4 is 0 Å². The molecule has 0 amide bonds. The molecule has 0 atom stereocenters. The minimum absolute atomic E-state index is 0.0387. The predicted molar refractivity (Wildman–Crippen MR) is 79.3 cm³/mol. The van der Waals surface area contributed by atoms with Gasteiger partial charge in [-0.3, -0.25) is 4.57 Å².